The minimum absolute atomic E-state index is 0.453. The minimum Gasteiger partial charge on any atom is -0.481 e. The first-order valence-electron chi connectivity index (χ1n) is 3.06. The zero-order valence-corrected chi connectivity index (χ0v) is 6.20. The number of carbonyl (C=O) groups is 1. The molecule has 0 aliphatic rings. The summed E-state index contributed by atoms with van der Waals surface area (Å²) in [4.78, 5) is 10.2. The van der Waals surface area contributed by atoms with Crippen molar-refractivity contribution in [3.63, 3.8) is 0 Å². The second-order valence-corrected chi connectivity index (χ2v) is 2.49. The molecule has 0 saturated heterocycles. The van der Waals surface area contributed by atoms with E-state index in [-0.39, 0.29) is 0 Å². The highest BCUT2D eigenvalue weighted by Gasteiger charge is 2.55. The normalized spacial score (nSPS) is 17.5. The van der Waals surface area contributed by atoms with Gasteiger partial charge in [-0.1, -0.05) is 6.92 Å². The first-order valence-corrected chi connectivity index (χ1v) is 3.06. The Balaban J connectivity index is 4.75. The van der Waals surface area contributed by atoms with Gasteiger partial charge in [-0.3, -0.25) is 4.79 Å². The molecule has 11 heavy (non-hydrogen) atoms. The second kappa shape index (κ2) is 2.71. The van der Waals surface area contributed by atoms with Crippen molar-refractivity contribution in [3.05, 3.63) is 0 Å². The highest BCUT2D eigenvalue weighted by molar-refractivity contribution is 5.75. The van der Waals surface area contributed by atoms with Crippen molar-refractivity contribution < 1.29 is 23.1 Å². The Morgan fingerprint density at radius 1 is 1.45 bits per heavy atom. The number of hydrogen-bond donors (Lipinski definition) is 1. The molecule has 0 aliphatic carbocycles. The van der Waals surface area contributed by atoms with E-state index in [1.165, 1.54) is 6.92 Å². The van der Waals surface area contributed by atoms with Gasteiger partial charge in [0.1, 0.15) is 0 Å². The lowest BCUT2D eigenvalue weighted by Crippen LogP contribution is -2.41. The molecule has 0 aliphatic heterocycles. The largest absolute Gasteiger partial charge is 0.481 e. The minimum atomic E-state index is -4.67. The predicted octanol–water partition coefficient (Wildman–Crippen LogP) is 2.05. The molecular weight excluding hydrogens is 161 g/mol. The van der Waals surface area contributed by atoms with E-state index in [9.17, 15) is 18.0 Å². The van der Waals surface area contributed by atoms with Crippen molar-refractivity contribution in [1.82, 2.24) is 0 Å². The predicted molar refractivity (Wildman–Crippen MR) is 32.1 cm³/mol. The van der Waals surface area contributed by atoms with E-state index >= 15 is 0 Å². The van der Waals surface area contributed by atoms with Crippen molar-refractivity contribution >= 4 is 5.97 Å². The SMILES string of the molecule is CC[C@@](C)(C(=O)O)C(F)(F)F. The van der Waals surface area contributed by atoms with Crippen LogP contribution in [0.25, 0.3) is 0 Å². The number of hydrogen-bond acceptors (Lipinski definition) is 1. The van der Waals surface area contributed by atoms with Crippen LogP contribution in [0.2, 0.25) is 0 Å². The van der Waals surface area contributed by atoms with Gasteiger partial charge in [0.15, 0.2) is 5.41 Å². The third-order valence-electron chi connectivity index (χ3n) is 1.80. The lowest BCUT2D eigenvalue weighted by molar-refractivity contribution is -0.227. The standard InChI is InChI=1S/C6H9F3O2/c1-3-5(2,4(10)11)6(7,8)9/h3H2,1-2H3,(H,10,11)/t5-/m0/s1. The Morgan fingerprint density at radius 2 is 1.82 bits per heavy atom. The van der Waals surface area contributed by atoms with Crippen molar-refractivity contribution in [3.8, 4) is 0 Å². The Bertz CT molecular complexity index is 164. The molecule has 1 atom stereocenters. The molecule has 0 spiro atoms. The number of carboxylic acid groups (broad SMARTS) is 1. The number of carboxylic acids is 1. The summed E-state index contributed by atoms with van der Waals surface area (Å²) in [5.74, 6) is -1.83. The van der Waals surface area contributed by atoms with Gasteiger partial charge in [0.25, 0.3) is 0 Å². The Morgan fingerprint density at radius 3 is 1.82 bits per heavy atom. The molecule has 0 radical (unpaired) electrons. The molecule has 66 valence electrons. The fraction of sp³-hybridized carbons (Fsp3) is 0.833. The van der Waals surface area contributed by atoms with Gasteiger partial charge in [-0.25, -0.2) is 0 Å². The first-order chi connectivity index (χ1) is 4.75. The van der Waals surface area contributed by atoms with Crippen LogP contribution in [-0.4, -0.2) is 17.3 Å². The lowest BCUT2D eigenvalue weighted by atomic mass is 9.87. The van der Waals surface area contributed by atoms with E-state index in [0.717, 1.165) is 0 Å². The summed E-state index contributed by atoms with van der Waals surface area (Å²) in [6, 6.07) is 0. The molecule has 0 heterocycles. The van der Waals surface area contributed by atoms with Crippen LogP contribution in [0.1, 0.15) is 20.3 Å². The summed E-state index contributed by atoms with van der Waals surface area (Å²) in [5.41, 5.74) is -2.60. The van der Waals surface area contributed by atoms with Gasteiger partial charge in [-0.2, -0.15) is 13.2 Å². The molecule has 1 N–H and O–H groups in total. The van der Waals surface area contributed by atoms with Crippen LogP contribution < -0.4 is 0 Å². The number of halogens is 3. The maximum atomic E-state index is 12.0. The van der Waals surface area contributed by atoms with Crippen LogP contribution in [0.4, 0.5) is 13.2 Å². The Labute approximate surface area is 62.0 Å². The monoisotopic (exact) mass is 170 g/mol. The topological polar surface area (TPSA) is 37.3 Å². The van der Waals surface area contributed by atoms with Crippen molar-refractivity contribution in [2.45, 2.75) is 26.4 Å². The number of aliphatic carboxylic acids is 1. The van der Waals surface area contributed by atoms with Crippen LogP contribution in [0.15, 0.2) is 0 Å². The highest BCUT2D eigenvalue weighted by atomic mass is 19.4. The highest BCUT2D eigenvalue weighted by Crippen LogP contribution is 2.40. The van der Waals surface area contributed by atoms with Gasteiger partial charge in [-0.05, 0) is 13.3 Å². The van der Waals surface area contributed by atoms with Crippen LogP contribution in [0.3, 0.4) is 0 Å². The summed E-state index contributed by atoms with van der Waals surface area (Å²) in [5, 5.41) is 8.25. The van der Waals surface area contributed by atoms with E-state index < -0.39 is 24.0 Å². The van der Waals surface area contributed by atoms with Crippen LogP contribution >= 0.6 is 0 Å². The molecule has 0 fully saturated rings. The molecule has 0 saturated carbocycles. The summed E-state index contributed by atoms with van der Waals surface area (Å²) in [6.07, 6.45) is -5.13. The molecule has 0 rings (SSSR count). The van der Waals surface area contributed by atoms with Gasteiger partial charge in [0.05, 0.1) is 0 Å². The van der Waals surface area contributed by atoms with Crippen molar-refractivity contribution in [2.24, 2.45) is 5.41 Å². The molecular formula is C6H9F3O2. The van der Waals surface area contributed by atoms with Crippen LogP contribution in [0.5, 0.6) is 0 Å². The Kier molecular flexibility index (Phi) is 2.53. The van der Waals surface area contributed by atoms with Gasteiger partial charge in [0.2, 0.25) is 0 Å². The Hall–Kier alpha value is -0.740. The molecule has 0 aromatic carbocycles. The van der Waals surface area contributed by atoms with Gasteiger partial charge < -0.3 is 5.11 Å². The fourth-order valence-electron chi connectivity index (χ4n) is 0.473. The van der Waals surface area contributed by atoms with E-state index in [1.54, 1.807) is 0 Å². The van der Waals surface area contributed by atoms with Gasteiger partial charge in [0, 0.05) is 0 Å². The zero-order valence-electron chi connectivity index (χ0n) is 6.20. The maximum absolute atomic E-state index is 12.0. The molecule has 0 aromatic rings. The fourth-order valence-corrected chi connectivity index (χ4v) is 0.473. The maximum Gasteiger partial charge on any atom is 0.404 e. The molecule has 0 bridgehead atoms. The van der Waals surface area contributed by atoms with Crippen LogP contribution in [-0.2, 0) is 4.79 Å². The van der Waals surface area contributed by atoms with E-state index in [2.05, 4.69) is 0 Å². The number of rotatable bonds is 2. The third-order valence-corrected chi connectivity index (χ3v) is 1.80. The van der Waals surface area contributed by atoms with E-state index in [4.69, 9.17) is 5.11 Å². The van der Waals surface area contributed by atoms with Crippen LogP contribution in [0, 0.1) is 5.41 Å². The average molecular weight is 170 g/mol. The number of alkyl halides is 3. The van der Waals surface area contributed by atoms with Gasteiger partial charge >= 0.3 is 12.1 Å². The molecule has 2 nitrogen and oxygen atoms in total. The lowest BCUT2D eigenvalue weighted by Gasteiger charge is -2.25. The molecule has 0 unspecified atom stereocenters. The molecule has 5 heteroatoms. The summed E-state index contributed by atoms with van der Waals surface area (Å²) < 4.78 is 35.9. The quantitative estimate of drug-likeness (QED) is 0.688. The summed E-state index contributed by atoms with van der Waals surface area (Å²) in [6.45, 7) is 1.87. The summed E-state index contributed by atoms with van der Waals surface area (Å²) >= 11 is 0. The summed E-state index contributed by atoms with van der Waals surface area (Å²) in [7, 11) is 0. The zero-order chi connectivity index (χ0) is 9.28. The molecule has 0 amide bonds. The van der Waals surface area contributed by atoms with Gasteiger partial charge in [-0.15, -0.1) is 0 Å². The molecule has 0 aromatic heterocycles. The third kappa shape index (κ3) is 1.64. The first kappa shape index (κ1) is 10.3. The van der Waals surface area contributed by atoms with Crippen molar-refractivity contribution in [2.75, 3.05) is 0 Å². The van der Waals surface area contributed by atoms with E-state index in [0.29, 0.717) is 6.92 Å². The van der Waals surface area contributed by atoms with E-state index in [1.807, 2.05) is 0 Å². The van der Waals surface area contributed by atoms with Crippen molar-refractivity contribution in [1.29, 1.82) is 0 Å². The smallest absolute Gasteiger partial charge is 0.404 e. The average Bonchev–Trinajstić information content (AvgIpc) is 1.83. The second-order valence-electron chi connectivity index (χ2n) is 2.49.